The van der Waals surface area contributed by atoms with Crippen molar-refractivity contribution in [2.75, 3.05) is 4.90 Å². The molecule has 5 heteroatoms. The Morgan fingerprint density at radius 3 is 2.34 bits per heavy atom. The van der Waals surface area contributed by atoms with Crippen LogP contribution in [0.15, 0.2) is 108 Å². The van der Waals surface area contributed by atoms with E-state index in [4.69, 9.17) is 14.1 Å². The van der Waals surface area contributed by atoms with E-state index in [9.17, 15) is 0 Å². The van der Waals surface area contributed by atoms with Crippen molar-refractivity contribution in [3.05, 3.63) is 115 Å². The van der Waals surface area contributed by atoms with Gasteiger partial charge in [0.1, 0.15) is 22.7 Å². The summed E-state index contributed by atoms with van der Waals surface area (Å²) >= 11 is 0. The van der Waals surface area contributed by atoms with Crippen molar-refractivity contribution >= 4 is 51.3 Å². The molecule has 166 valence electrons. The van der Waals surface area contributed by atoms with Gasteiger partial charge in [0.15, 0.2) is 0 Å². The summed E-state index contributed by atoms with van der Waals surface area (Å²) in [6.07, 6.45) is 7.81. The minimum Gasteiger partial charge on any atom is -0.456 e. The Kier molecular flexibility index (Phi) is 4.39. The van der Waals surface area contributed by atoms with E-state index in [1.54, 1.807) is 6.20 Å². The number of nitrogens with zero attached hydrogens (tertiary/aromatic N) is 3. The average Bonchev–Trinajstić information content (AvgIpc) is 3.17. The van der Waals surface area contributed by atoms with Gasteiger partial charge in [0.25, 0.3) is 0 Å². The maximum absolute atomic E-state index is 6.15. The fourth-order valence-corrected chi connectivity index (χ4v) is 4.59. The summed E-state index contributed by atoms with van der Waals surface area (Å²) in [5, 5.41) is 1.99. The van der Waals surface area contributed by atoms with E-state index in [2.05, 4.69) is 64.5 Å². The number of hydrogen-bond donors (Lipinski definition) is 0. The third-order valence-electron chi connectivity index (χ3n) is 6.19. The van der Waals surface area contributed by atoms with Crippen LogP contribution >= 0.6 is 0 Å². The highest BCUT2D eigenvalue weighted by Crippen LogP contribution is 2.43. The van der Waals surface area contributed by atoms with E-state index in [-0.39, 0.29) is 0 Å². The van der Waals surface area contributed by atoms with Gasteiger partial charge in [0, 0.05) is 40.5 Å². The predicted molar refractivity (Wildman–Crippen MR) is 139 cm³/mol. The zero-order valence-corrected chi connectivity index (χ0v) is 18.6. The molecule has 0 bridgehead atoms. The molecule has 0 aliphatic carbocycles. The minimum absolute atomic E-state index is 0.552. The van der Waals surface area contributed by atoms with Gasteiger partial charge in [-0.05, 0) is 66.2 Å². The smallest absolute Gasteiger partial charge is 0.219 e. The van der Waals surface area contributed by atoms with Gasteiger partial charge >= 0.3 is 0 Å². The first-order valence-electron chi connectivity index (χ1n) is 11.4. The maximum Gasteiger partial charge on any atom is 0.219 e. The maximum atomic E-state index is 6.15. The zero-order valence-electron chi connectivity index (χ0n) is 18.6. The first kappa shape index (κ1) is 19.6. The normalized spacial score (nSPS) is 12.4. The van der Waals surface area contributed by atoms with E-state index in [1.807, 2.05) is 54.7 Å². The number of pyridine rings is 2. The largest absolute Gasteiger partial charge is 0.456 e. The molecule has 6 aromatic rings. The Bertz CT molecular complexity index is 1690. The van der Waals surface area contributed by atoms with Gasteiger partial charge in [0.2, 0.25) is 5.88 Å². The third kappa shape index (κ3) is 3.33. The van der Waals surface area contributed by atoms with E-state index in [0.717, 1.165) is 50.3 Å². The van der Waals surface area contributed by atoms with Crippen LogP contribution in [0.4, 0.5) is 17.2 Å². The van der Waals surface area contributed by atoms with E-state index in [1.165, 1.54) is 0 Å². The molecular formula is C30H19N3O2. The van der Waals surface area contributed by atoms with Crippen molar-refractivity contribution < 1.29 is 9.15 Å². The molecule has 0 unspecified atom stereocenters. The molecule has 3 aromatic carbocycles. The monoisotopic (exact) mass is 453 g/mol. The van der Waals surface area contributed by atoms with Gasteiger partial charge in [-0.1, -0.05) is 36.4 Å². The number of fused-ring (bicyclic) bond motifs is 5. The number of para-hydroxylation sites is 1. The lowest BCUT2D eigenvalue weighted by molar-refractivity contribution is 0.463. The quantitative estimate of drug-likeness (QED) is 0.270. The molecule has 0 atom stereocenters. The molecule has 4 heterocycles. The lowest BCUT2D eigenvalue weighted by Gasteiger charge is -2.25. The van der Waals surface area contributed by atoms with Crippen LogP contribution in [0, 0.1) is 0 Å². The highest BCUT2D eigenvalue weighted by molar-refractivity contribution is 6.07. The molecular weight excluding hydrogens is 434 g/mol. The SMILES string of the molecule is C1=Cc2cccnc2N(c2ccc3oc4ccc(Oc5ccccn5)cc4c3c2)c2ccccc21. The van der Waals surface area contributed by atoms with Gasteiger partial charge in [-0.25, -0.2) is 9.97 Å². The Labute approximate surface area is 201 Å². The van der Waals surface area contributed by atoms with Crippen molar-refractivity contribution in [3.63, 3.8) is 0 Å². The number of aromatic nitrogens is 2. The van der Waals surface area contributed by atoms with Crippen LogP contribution in [-0.4, -0.2) is 9.97 Å². The van der Waals surface area contributed by atoms with E-state index >= 15 is 0 Å². The first-order valence-corrected chi connectivity index (χ1v) is 11.4. The van der Waals surface area contributed by atoms with Crippen molar-refractivity contribution in [2.45, 2.75) is 0 Å². The van der Waals surface area contributed by atoms with Crippen molar-refractivity contribution in [1.29, 1.82) is 0 Å². The van der Waals surface area contributed by atoms with Crippen molar-refractivity contribution in [3.8, 4) is 11.6 Å². The molecule has 0 amide bonds. The summed E-state index contributed by atoms with van der Waals surface area (Å²) in [5.41, 5.74) is 5.91. The molecule has 1 aliphatic heterocycles. The highest BCUT2D eigenvalue weighted by atomic mass is 16.5. The number of anilines is 3. The van der Waals surface area contributed by atoms with Crippen molar-refractivity contribution in [2.24, 2.45) is 0 Å². The third-order valence-corrected chi connectivity index (χ3v) is 6.19. The fourth-order valence-electron chi connectivity index (χ4n) is 4.59. The van der Waals surface area contributed by atoms with Crippen LogP contribution in [0.25, 0.3) is 34.1 Å². The van der Waals surface area contributed by atoms with Gasteiger partial charge in [-0.3, -0.25) is 4.90 Å². The summed E-state index contributed by atoms with van der Waals surface area (Å²) in [7, 11) is 0. The fraction of sp³-hybridized carbons (Fsp3) is 0. The van der Waals surface area contributed by atoms with Gasteiger partial charge < -0.3 is 9.15 Å². The number of rotatable bonds is 3. The minimum atomic E-state index is 0.552. The molecule has 0 radical (unpaired) electrons. The molecule has 0 N–H and O–H groups in total. The standard InChI is InChI=1S/C30H19N3O2/c1-2-8-26-20(6-1)10-11-21-7-5-17-32-30(21)33(26)22-12-14-27-24(18-22)25-19-23(13-15-28(25)35-27)34-29-9-3-4-16-31-29/h1-19H. The second kappa shape index (κ2) is 7.85. The Hall–Kier alpha value is -4.90. The lowest BCUT2D eigenvalue weighted by atomic mass is 10.1. The summed E-state index contributed by atoms with van der Waals surface area (Å²) < 4.78 is 12.1. The van der Waals surface area contributed by atoms with Crippen LogP contribution in [0.1, 0.15) is 11.1 Å². The summed E-state index contributed by atoms with van der Waals surface area (Å²) in [6, 6.07) is 30.1. The van der Waals surface area contributed by atoms with Crippen LogP contribution in [0.5, 0.6) is 11.6 Å². The number of furan rings is 1. The molecule has 35 heavy (non-hydrogen) atoms. The van der Waals surface area contributed by atoms with Crippen LogP contribution < -0.4 is 9.64 Å². The van der Waals surface area contributed by atoms with Crippen LogP contribution in [0.3, 0.4) is 0 Å². The second-order valence-electron chi connectivity index (χ2n) is 8.35. The lowest BCUT2D eigenvalue weighted by Crippen LogP contribution is -2.13. The summed E-state index contributed by atoms with van der Waals surface area (Å²) in [5.74, 6) is 2.15. The van der Waals surface area contributed by atoms with E-state index in [0.29, 0.717) is 11.6 Å². The molecule has 5 nitrogen and oxygen atoms in total. The molecule has 3 aromatic heterocycles. The first-order chi connectivity index (χ1) is 17.3. The second-order valence-corrected chi connectivity index (χ2v) is 8.35. The van der Waals surface area contributed by atoms with Gasteiger partial charge in [0.05, 0.1) is 5.69 Å². The molecule has 0 saturated carbocycles. The molecule has 0 spiro atoms. The topological polar surface area (TPSA) is 51.4 Å². The molecule has 1 aliphatic rings. The number of benzene rings is 3. The number of hydrogen-bond acceptors (Lipinski definition) is 5. The zero-order chi connectivity index (χ0) is 23.2. The molecule has 7 rings (SSSR count). The summed E-state index contributed by atoms with van der Waals surface area (Å²) in [4.78, 5) is 11.2. The Balaban J connectivity index is 1.40. The highest BCUT2D eigenvalue weighted by Gasteiger charge is 2.21. The van der Waals surface area contributed by atoms with Gasteiger partial charge in [-0.15, -0.1) is 0 Å². The molecule has 0 saturated heterocycles. The summed E-state index contributed by atoms with van der Waals surface area (Å²) in [6.45, 7) is 0. The van der Waals surface area contributed by atoms with Crippen LogP contribution in [-0.2, 0) is 0 Å². The van der Waals surface area contributed by atoms with Crippen molar-refractivity contribution in [1.82, 2.24) is 9.97 Å². The van der Waals surface area contributed by atoms with Gasteiger partial charge in [-0.2, -0.15) is 0 Å². The predicted octanol–water partition coefficient (Wildman–Crippen LogP) is 8.12. The number of ether oxygens (including phenoxy) is 1. The molecule has 0 fully saturated rings. The van der Waals surface area contributed by atoms with Crippen LogP contribution in [0.2, 0.25) is 0 Å². The Morgan fingerprint density at radius 2 is 1.43 bits per heavy atom. The Morgan fingerprint density at radius 1 is 0.657 bits per heavy atom. The average molecular weight is 454 g/mol. The van der Waals surface area contributed by atoms with E-state index < -0.39 is 0 Å².